The van der Waals surface area contributed by atoms with E-state index in [9.17, 15) is 4.79 Å². The molecule has 1 atom stereocenters. The predicted molar refractivity (Wildman–Crippen MR) is 73.3 cm³/mol. The van der Waals surface area contributed by atoms with E-state index in [1.165, 1.54) is 11.3 Å². The van der Waals surface area contributed by atoms with Crippen LogP contribution in [-0.4, -0.2) is 16.1 Å². The van der Waals surface area contributed by atoms with Gasteiger partial charge in [0.1, 0.15) is 5.01 Å². The predicted octanol–water partition coefficient (Wildman–Crippen LogP) is 3.96. The number of aryl methyl sites for hydroxylation is 1. The Morgan fingerprint density at radius 3 is 2.72 bits per heavy atom. The van der Waals surface area contributed by atoms with E-state index in [0.717, 1.165) is 16.3 Å². The zero-order valence-corrected chi connectivity index (χ0v) is 11.5. The Morgan fingerprint density at radius 2 is 2.22 bits per heavy atom. The average Bonchev–Trinajstić information content (AvgIpc) is 2.74. The Bertz CT molecular complexity index is 594. The first-order chi connectivity index (χ1) is 8.49. The molecule has 0 radical (unpaired) electrons. The standard InChI is InChI=1S/C13H12ClNO2S/c1-7-6-18-12(15-7)10-4-3-9(5-11(10)14)8(2)13(16)17/h3-6,8H,1-2H3,(H,16,17). The van der Waals surface area contributed by atoms with Crippen molar-refractivity contribution in [1.82, 2.24) is 4.98 Å². The van der Waals surface area contributed by atoms with Crippen molar-refractivity contribution in [3.05, 3.63) is 39.9 Å². The highest BCUT2D eigenvalue weighted by Crippen LogP contribution is 2.32. The number of thiazole rings is 1. The van der Waals surface area contributed by atoms with Gasteiger partial charge in [-0.25, -0.2) is 4.98 Å². The van der Waals surface area contributed by atoms with Gasteiger partial charge in [0.2, 0.25) is 0 Å². The van der Waals surface area contributed by atoms with Crippen molar-refractivity contribution < 1.29 is 9.90 Å². The SMILES string of the molecule is Cc1csc(-c2ccc(C(C)C(=O)O)cc2Cl)n1. The molecule has 1 N–H and O–H groups in total. The summed E-state index contributed by atoms with van der Waals surface area (Å²) >= 11 is 7.72. The molecule has 0 aliphatic carbocycles. The van der Waals surface area contributed by atoms with Gasteiger partial charge in [0.05, 0.1) is 10.9 Å². The summed E-state index contributed by atoms with van der Waals surface area (Å²) in [5.41, 5.74) is 2.50. The summed E-state index contributed by atoms with van der Waals surface area (Å²) in [6.07, 6.45) is 0. The molecule has 1 aromatic carbocycles. The van der Waals surface area contributed by atoms with Gasteiger partial charge in [-0.3, -0.25) is 4.79 Å². The van der Waals surface area contributed by atoms with E-state index >= 15 is 0 Å². The molecule has 18 heavy (non-hydrogen) atoms. The van der Waals surface area contributed by atoms with Crippen LogP contribution in [0, 0.1) is 6.92 Å². The number of hydrogen-bond donors (Lipinski definition) is 1. The number of rotatable bonds is 3. The maximum atomic E-state index is 10.9. The van der Waals surface area contributed by atoms with Gasteiger partial charge < -0.3 is 5.11 Å². The van der Waals surface area contributed by atoms with Crippen LogP contribution < -0.4 is 0 Å². The highest BCUT2D eigenvalue weighted by Gasteiger charge is 2.16. The minimum atomic E-state index is -0.857. The van der Waals surface area contributed by atoms with Crippen LogP contribution in [0.2, 0.25) is 5.02 Å². The summed E-state index contributed by atoms with van der Waals surface area (Å²) in [5.74, 6) is -1.42. The third kappa shape index (κ3) is 2.54. The van der Waals surface area contributed by atoms with Crippen LogP contribution in [0.1, 0.15) is 24.1 Å². The second-order valence-corrected chi connectivity index (χ2v) is 5.36. The first-order valence-corrected chi connectivity index (χ1v) is 6.69. The topological polar surface area (TPSA) is 50.2 Å². The van der Waals surface area contributed by atoms with Crippen molar-refractivity contribution in [2.75, 3.05) is 0 Å². The zero-order chi connectivity index (χ0) is 13.3. The fraction of sp³-hybridized carbons (Fsp3) is 0.231. The molecule has 1 unspecified atom stereocenters. The molecule has 2 rings (SSSR count). The molecule has 94 valence electrons. The van der Waals surface area contributed by atoms with Crippen LogP contribution in [-0.2, 0) is 4.79 Å². The quantitative estimate of drug-likeness (QED) is 0.926. The number of aliphatic carboxylic acids is 1. The molecule has 0 saturated heterocycles. The third-order valence-corrected chi connectivity index (χ3v) is 4.02. The molecule has 1 heterocycles. The van der Waals surface area contributed by atoms with E-state index in [1.807, 2.05) is 18.4 Å². The van der Waals surface area contributed by atoms with E-state index in [1.54, 1.807) is 19.1 Å². The van der Waals surface area contributed by atoms with Crippen LogP contribution in [0.4, 0.5) is 0 Å². The molecular formula is C13H12ClNO2S. The lowest BCUT2D eigenvalue weighted by atomic mass is 10.00. The van der Waals surface area contributed by atoms with Crippen LogP contribution in [0.15, 0.2) is 23.6 Å². The van der Waals surface area contributed by atoms with Gasteiger partial charge in [0, 0.05) is 16.6 Å². The first kappa shape index (κ1) is 13.1. The minimum absolute atomic E-state index is 0.537. The number of hydrogen-bond acceptors (Lipinski definition) is 3. The van der Waals surface area contributed by atoms with Crippen molar-refractivity contribution >= 4 is 28.9 Å². The fourth-order valence-corrected chi connectivity index (χ4v) is 2.77. The largest absolute Gasteiger partial charge is 0.481 e. The molecule has 0 spiro atoms. The highest BCUT2D eigenvalue weighted by molar-refractivity contribution is 7.13. The van der Waals surface area contributed by atoms with Gasteiger partial charge in [-0.15, -0.1) is 11.3 Å². The van der Waals surface area contributed by atoms with Crippen LogP contribution >= 0.6 is 22.9 Å². The lowest BCUT2D eigenvalue weighted by Gasteiger charge is -2.08. The van der Waals surface area contributed by atoms with E-state index in [0.29, 0.717) is 10.6 Å². The van der Waals surface area contributed by atoms with Gasteiger partial charge in [0.15, 0.2) is 0 Å². The maximum absolute atomic E-state index is 10.9. The molecule has 0 amide bonds. The van der Waals surface area contributed by atoms with Gasteiger partial charge in [-0.2, -0.15) is 0 Å². The fourth-order valence-electron chi connectivity index (χ4n) is 1.59. The molecule has 0 bridgehead atoms. The number of halogens is 1. The molecule has 5 heteroatoms. The lowest BCUT2D eigenvalue weighted by molar-refractivity contribution is -0.138. The smallest absolute Gasteiger partial charge is 0.310 e. The van der Waals surface area contributed by atoms with E-state index in [-0.39, 0.29) is 0 Å². The third-order valence-electron chi connectivity index (χ3n) is 2.71. The number of aromatic nitrogens is 1. The van der Waals surface area contributed by atoms with Gasteiger partial charge in [0.25, 0.3) is 0 Å². The maximum Gasteiger partial charge on any atom is 0.310 e. The Kier molecular flexibility index (Phi) is 3.68. The van der Waals surface area contributed by atoms with Crippen molar-refractivity contribution in [1.29, 1.82) is 0 Å². The Labute approximate surface area is 114 Å². The van der Waals surface area contributed by atoms with E-state index in [2.05, 4.69) is 4.98 Å². The summed E-state index contributed by atoms with van der Waals surface area (Å²) in [5, 5.41) is 12.3. The molecule has 1 aromatic heterocycles. The van der Waals surface area contributed by atoms with Crippen molar-refractivity contribution in [2.45, 2.75) is 19.8 Å². The number of carbonyl (C=O) groups is 1. The Morgan fingerprint density at radius 1 is 1.50 bits per heavy atom. The minimum Gasteiger partial charge on any atom is -0.481 e. The van der Waals surface area contributed by atoms with Gasteiger partial charge in [-0.1, -0.05) is 23.7 Å². The average molecular weight is 282 g/mol. The Balaban J connectivity index is 2.39. The van der Waals surface area contributed by atoms with Crippen LogP contribution in [0.25, 0.3) is 10.6 Å². The Hall–Kier alpha value is -1.39. The second kappa shape index (κ2) is 5.08. The highest BCUT2D eigenvalue weighted by atomic mass is 35.5. The van der Waals surface area contributed by atoms with Crippen LogP contribution in [0.3, 0.4) is 0 Å². The van der Waals surface area contributed by atoms with Crippen molar-refractivity contribution in [2.24, 2.45) is 0 Å². The molecule has 2 aromatic rings. The molecule has 3 nitrogen and oxygen atoms in total. The molecule has 0 aliphatic rings. The first-order valence-electron chi connectivity index (χ1n) is 5.44. The van der Waals surface area contributed by atoms with Crippen LogP contribution in [0.5, 0.6) is 0 Å². The lowest BCUT2D eigenvalue weighted by Crippen LogP contribution is -2.07. The van der Waals surface area contributed by atoms with Crippen molar-refractivity contribution in [3.63, 3.8) is 0 Å². The molecule has 0 fully saturated rings. The molecule has 0 saturated carbocycles. The van der Waals surface area contributed by atoms with Gasteiger partial charge in [-0.05, 0) is 25.5 Å². The normalized spacial score (nSPS) is 12.4. The number of carboxylic acid groups (broad SMARTS) is 1. The van der Waals surface area contributed by atoms with E-state index in [4.69, 9.17) is 16.7 Å². The number of nitrogens with zero attached hydrogens (tertiary/aromatic N) is 1. The molecule has 0 aliphatic heterocycles. The van der Waals surface area contributed by atoms with Crippen molar-refractivity contribution in [3.8, 4) is 10.6 Å². The summed E-state index contributed by atoms with van der Waals surface area (Å²) in [6, 6.07) is 5.32. The zero-order valence-electron chi connectivity index (χ0n) is 9.98. The monoisotopic (exact) mass is 281 g/mol. The summed E-state index contributed by atoms with van der Waals surface area (Å²) in [4.78, 5) is 15.3. The van der Waals surface area contributed by atoms with Gasteiger partial charge >= 0.3 is 5.97 Å². The number of benzene rings is 1. The number of carboxylic acids is 1. The summed E-state index contributed by atoms with van der Waals surface area (Å²) in [7, 11) is 0. The molecular weight excluding hydrogens is 270 g/mol. The summed E-state index contributed by atoms with van der Waals surface area (Å²) in [6.45, 7) is 3.57. The summed E-state index contributed by atoms with van der Waals surface area (Å²) < 4.78 is 0. The second-order valence-electron chi connectivity index (χ2n) is 4.09. The van der Waals surface area contributed by atoms with E-state index < -0.39 is 11.9 Å².